The molecule has 0 spiro atoms. The SMILES string of the molecule is N/C(=N\O)c1cccnc1OC1CCCCC1. The molecule has 0 aromatic carbocycles. The molecule has 0 radical (unpaired) electrons. The number of rotatable bonds is 3. The maximum absolute atomic E-state index is 8.70. The van der Waals surface area contributed by atoms with E-state index in [4.69, 9.17) is 15.7 Å². The lowest BCUT2D eigenvalue weighted by Gasteiger charge is -2.23. The first-order valence-corrected chi connectivity index (χ1v) is 5.91. The summed E-state index contributed by atoms with van der Waals surface area (Å²) in [5, 5.41) is 11.7. The summed E-state index contributed by atoms with van der Waals surface area (Å²) in [6.45, 7) is 0. The Morgan fingerprint density at radius 2 is 2.18 bits per heavy atom. The normalized spacial score (nSPS) is 18.0. The van der Waals surface area contributed by atoms with Crippen LogP contribution in [0, 0.1) is 0 Å². The van der Waals surface area contributed by atoms with Crippen molar-refractivity contribution in [1.82, 2.24) is 4.98 Å². The molecule has 3 N–H and O–H groups in total. The third-order valence-electron chi connectivity index (χ3n) is 2.99. The van der Waals surface area contributed by atoms with Crippen molar-refractivity contribution in [2.45, 2.75) is 38.2 Å². The van der Waals surface area contributed by atoms with Gasteiger partial charge in [-0.15, -0.1) is 0 Å². The lowest BCUT2D eigenvalue weighted by molar-refractivity contribution is 0.148. The van der Waals surface area contributed by atoms with Crippen molar-refractivity contribution in [3.8, 4) is 5.88 Å². The topological polar surface area (TPSA) is 80.7 Å². The average molecular weight is 235 g/mol. The van der Waals surface area contributed by atoms with Gasteiger partial charge in [-0.25, -0.2) is 4.98 Å². The van der Waals surface area contributed by atoms with Crippen molar-refractivity contribution in [1.29, 1.82) is 0 Å². The Hall–Kier alpha value is -1.78. The molecule has 0 saturated heterocycles. The third kappa shape index (κ3) is 2.87. The van der Waals surface area contributed by atoms with E-state index in [2.05, 4.69) is 10.1 Å². The summed E-state index contributed by atoms with van der Waals surface area (Å²) in [4.78, 5) is 4.15. The van der Waals surface area contributed by atoms with Gasteiger partial charge in [-0.05, 0) is 37.8 Å². The van der Waals surface area contributed by atoms with E-state index < -0.39 is 0 Å². The Morgan fingerprint density at radius 1 is 1.41 bits per heavy atom. The first kappa shape index (κ1) is 11.7. The van der Waals surface area contributed by atoms with Crippen molar-refractivity contribution in [2.24, 2.45) is 10.9 Å². The fraction of sp³-hybridized carbons (Fsp3) is 0.500. The van der Waals surface area contributed by atoms with E-state index in [1.54, 1.807) is 18.3 Å². The van der Waals surface area contributed by atoms with E-state index in [1.165, 1.54) is 19.3 Å². The van der Waals surface area contributed by atoms with Gasteiger partial charge in [-0.3, -0.25) is 0 Å². The van der Waals surface area contributed by atoms with E-state index >= 15 is 0 Å². The van der Waals surface area contributed by atoms with Crippen LogP contribution in [0.25, 0.3) is 0 Å². The van der Waals surface area contributed by atoms with Gasteiger partial charge in [0.25, 0.3) is 0 Å². The molecule has 17 heavy (non-hydrogen) atoms. The summed E-state index contributed by atoms with van der Waals surface area (Å²) in [5.74, 6) is 0.485. The summed E-state index contributed by atoms with van der Waals surface area (Å²) >= 11 is 0. The molecule has 1 aliphatic carbocycles. The van der Waals surface area contributed by atoms with Crippen LogP contribution in [-0.2, 0) is 0 Å². The number of aromatic nitrogens is 1. The first-order valence-electron chi connectivity index (χ1n) is 5.91. The number of nitrogens with zero attached hydrogens (tertiary/aromatic N) is 2. The highest BCUT2D eigenvalue weighted by Gasteiger charge is 2.18. The van der Waals surface area contributed by atoms with Crippen molar-refractivity contribution in [3.05, 3.63) is 23.9 Å². The number of oxime groups is 1. The standard InChI is InChI=1S/C12H17N3O2/c13-11(15-16)10-7-4-8-14-12(10)17-9-5-2-1-3-6-9/h4,7-9,16H,1-3,5-6H2,(H2,13,15). The van der Waals surface area contributed by atoms with E-state index in [9.17, 15) is 0 Å². The maximum atomic E-state index is 8.70. The van der Waals surface area contributed by atoms with Crippen LogP contribution >= 0.6 is 0 Å². The second-order valence-electron chi connectivity index (χ2n) is 4.22. The summed E-state index contributed by atoms with van der Waals surface area (Å²) < 4.78 is 5.83. The van der Waals surface area contributed by atoms with Gasteiger partial charge in [0.1, 0.15) is 6.10 Å². The Kier molecular flexibility index (Phi) is 3.80. The highest BCUT2D eigenvalue weighted by molar-refractivity contribution is 5.98. The minimum atomic E-state index is 0.0314. The Bertz CT molecular complexity index is 400. The van der Waals surface area contributed by atoms with Crippen LogP contribution < -0.4 is 10.5 Å². The molecule has 2 rings (SSSR count). The van der Waals surface area contributed by atoms with Crippen LogP contribution in [0.1, 0.15) is 37.7 Å². The van der Waals surface area contributed by atoms with Crippen molar-refractivity contribution < 1.29 is 9.94 Å². The molecule has 0 amide bonds. The van der Waals surface area contributed by atoms with Gasteiger partial charge in [-0.1, -0.05) is 11.6 Å². The van der Waals surface area contributed by atoms with Crippen LogP contribution in [0.4, 0.5) is 0 Å². The third-order valence-corrected chi connectivity index (χ3v) is 2.99. The van der Waals surface area contributed by atoms with Gasteiger partial charge in [0.2, 0.25) is 5.88 Å². The molecule has 5 heteroatoms. The number of ether oxygens (including phenoxy) is 1. The zero-order valence-corrected chi connectivity index (χ0v) is 9.67. The van der Waals surface area contributed by atoms with Crippen LogP contribution in [0.3, 0.4) is 0 Å². The van der Waals surface area contributed by atoms with Gasteiger partial charge >= 0.3 is 0 Å². The molecular formula is C12H17N3O2. The summed E-state index contributed by atoms with van der Waals surface area (Å²) in [6.07, 6.45) is 7.59. The number of nitrogens with two attached hydrogens (primary N) is 1. The summed E-state index contributed by atoms with van der Waals surface area (Å²) in [6, 6.07) is 3.47. The highest BCUT2D eigenvalue weighted by Crippen LogP contribution is 2.24. The Labute approximate surface area is 100 Å². The molecule has 92 valence electrons. The highest BCUT2D eigenvalue weighted by atomic mass is 16.5. The Balaban J connectivity index is 2.14. The molecule has 1 aromatic heterocycles. The van der Waals surface area contributed by atoms with Crippen LogP contribution in [0.5, 0.6) is 5.88 Å². The van der Waals surface area contributed by atoms with Crippen LogP contribution in [-0.4, -0.2) is 22.1 Å². The minimum Gasteiger partial charge on any atom is -0.474 e. The average Bonchev–Trinajstić information content (AvgIpc) is 2.40. The smallest absolute Gasteiger partial charge is 0.224 e. The molecule has 1 aliphatic rings. The molecular weight excluding hydrogens is 218 g/mol. The van der Waals surface area contributed by atoms with E-state index in [0.717, 1.165) is 12.8 Å². The lowest BCUT2D eigenvalue weighted by atomic mass is 9.98. The fourth-order valence-electron chi connectivity index (χ4n) is 2.07. The number of hydrogen-bond acceptors (Lipinski definition) is 4. The number of hydrogen-bond donors (Lipinski definition) is 2. The van der Waals surface area contributed by atoms with Gasteiger partial charge in [0, 0.05) is 6.20 Å². The Morgan fingerprint density at radius 3 is 2.88 bits per heavy atom. The molecule has 5 nitrogen and oxygen atoms in total. The monoisotopic (exact) mass is 235 g/mol. The molecule has 1 heterocycles. The van der Waals surface area contributed by atoms with Gasteiger partial charge < -0.3 is 15.7 Å². The quantitative estimate of drug-likeness (QED) is 0.363. The van der Waals surface area contributed by atoms with Gasteiger partial charge in [0.05, 0.1) is 5.56 Å². The zero-order chi connectivity index (χ0) is 12.1. The number of pyridine rings is 1. The van der Waals surface area contributed by atoms with E-state index in [-0.39, 0.29) is 11.9 Å². The largest absolute Gasteiger partial charge is 0.474 e. The van der Waals surface area contributed by atoms with Crippen molar-refractivity contribution in [2.75, 3.05) is 0 Å². The van der Waals surface area contributed by atoms with E-state index in [1.807, 2.05) is 0 Å². The van der Waals surface area contributed by atoms with Crippen molar-refractivity contribution >= 4 is 5.84 Å². The van der Waals surface area contributed by atoms with Crippen LogP contribution in [0.15, 0.2) is 23.5 Å². The second kappa shape index (κ2) is 5.52. The molecule has 0 aliphatic heterocycles. The molecule has 0 bridgehead atoms. The molecule has 1 aromatic rings. The predicted octanol–water partition coefficient (Wildman–Crippen LogP) is 1.89. The van der Waals surface area contributed by atoms with Gasteiger partial charge in [-0.2, -0.15) is 0 Å². The molecule has 1 saturated carbocycles. The molecule has 0 atom stereocenters. The zero-order valence-electron chi connectivity index (χ0n) is 9.67. The predicted molar refractivity (Wildman–Crippen MR) is 64.2 cm³/mol. The van der Waals surface area contributed by atoms with Crippen LogP contribution in [0.2, 0.25) is 0 Å². The van der Waals surface area contributed by atoms with Gasteiger partial charge in [0.15, 0.2) is 5.84 Å². The lowest BCUT2D eigenvalue weighted by Crippen LogP contribution is -2.23. The van der Waals surface area contributed by atoms with Crippen molar-refractivity contribution in [3.63, 3.8) is 0 Å². The molecule has 1 fully saturated rings. The summed E-state index contributed by atoms with van der Waals surface area (Å²) in [5.41, 5.74) is 6.12. The second-order valence-corrected chi connectivity index (χ2v) is 4.22. The van der Waals surface area contributed by atoms with E-state index in [0.29, 0.717) is 11.4 Å². The first-order chi connectivity index (χ1) is 8.31. The minimum absolute atomic E-state index is 0.0314. The number of amidine groups is 1. The summed E-state index contributed by atoms with van der Waals surface area (Å²) in [7, 11) is 0. The maximum Gasteiger partial charge on any atom is 0.224 e. The fourth-order valence-corrected chi connectivity index (χ4v) is 2.07. The molecule has 0 unspecified atom stereocenters.